The number of anilines is 1. The molecule has 0 unspecified atom stereocenters. The number of nitrogens with one attached hydrogen (secondary N) is 1. The van der Waals surface area contributed by atoms with Crippen LogP contribution in [0.25, 0.3) is 16.8 Å². The van der Waals surface area contributed by atoms with E-state index in [9.17, 15) is 8.78 Å². The van der Waals surface area contributed by atoms with Gasteiger partial charge in [-0.3, -0.25) is 0 Å². The van der Waals surface area contributed by atoms with Crippen molar-refractivity contribution < 1.29 is 22.6 Å². The van der Waals surface area contributed by atoms with E-state index in [4.69, 9.17) is 9.47 Å². The number of benzene rings is 1. The van der Waals surface area contributed by atoms with Gasteiger partial charge in [-0.2, -0.15) is 14.0 Å². The maximum Gasteiger partial charge on any atom is 0.387 e. The number of rotatable bonds is 9. The molecule has 5 heterocycles. The Morgan fingerprint density at radius 3 is 2.61 bits per heavy atom. The second-order valence-electron chi connectivity index (χ2n) is 9.67. The average molecular weight is 566 g/mol. The van der Waals surface area contributed by atoms with Gasteiger partial charge in [0.2, 0.25) is 5.95 Å². The Kier molecular flexibility index (Phi) is 7.46. The van der Waals surface area contributed by atoms with Crippen LogP contribution < -0.4 is 9.64 Å². The lowest BCUT2D eigenvalue weighted by Crippen LogP contribution is -2.34. The number of alkyl halides is 2. The fourth-order valence-corrected chi connectivity index (χ4v) is 5.16. The van der Waals surface area contributed by atoms with Gasteiger partial charge in [-0.15, -0.1) is 10.2 Å². The zero-order valence-corrected chi connectivity index (χ0v) is 22.0. The number of piperidine rings is 1. The number of imidazole rings is 1. The third-order valence-corrected chi connectivity index (χ3v) is 7.17. The molecule has 0 spiro atoms. The van der Waals surface area contributed by atoms with Gasteiger partial charge in [-0.25, -0.2) is 19.3 Å². The van der Waals surface area contributed by atoms with Gasteiger partial charge in [0.05, 0.1) is 18.0 Å². The van der Waals surface area contributed by atoms with Crippen molar-refractivity contribution in [1.29, 1.82) is 0 Å². The molecule has 0 saturated carbocycles. The fraction of sp³-hybridized carbons (Fsp3) is 0.333. The molecule has 0 bridgehead atoms. The summed E-state index contributed by atoms with van der Waals surface area (Å²) in [5.74, 6) is 1.07. The van der Waals surface area contributed by atoms with Crippen LogP contribution in [-0.2, 0) is 17.8 Å². The van der Waals surface area contributed by atoms with Crippen molar-refractivity contribution in [3.8, 4) is 16.9 Å². The number of aromatic amines is 1. The number of pyridine rings is 1. The maximum atomic E-state index is 15.3. The van der Waals surface area contributed by atoms with Crippen LogP contribution in [0.3, 0.4) is 0 Å². The Bertz CT molecular complexity index is 1620. The van der Waals surface area contributed by atoms with Gasteiger partial charge in [0.25, 0.3) is 0 Å². The van der Waals surface area contributed by atoms with E-state index in [-0.39, 0.29) is 30.3 Å². The number of hydrogen-bond acceptors (Lipinski definition) is 9. The van der Waals surface area contributed by atoms with Gasteiger partial charge in [-0.1, -0.05) is 23.4 Å². The van der Waals surface area contributed by atoms with E-state index >= 15 is 4.39 Å². The quantitative estimate of drug-likeness (QED) is 0.281. The molecule has 212 valence electrons. The molecule has 0 radical (unpaired) electrons. The highest BCUT2D eigenvalue weighted by Gasteiger charge is 2.25. The van der Waals surface area contributed by atoms with Crippen molar-refractivity contribution in [1.82, 2.24) is 40.0 Å². The summed E-state index contributed by atoms with van der Waals surface area (Å²) >= 11 is 0. The first-order chi connectivity index (χ1) is 20.0. The number of tetrazole rings is 1. The Labute approximate surface area is 232 Å². The van der Waals surface area contributed by atoms with Crippen LogP contribution in [0.4, 0.5) is 19.1 Å². The largest absolute Gasteiger partial charge is 0.435 e. The predicted molar refractivity (Wildman–Crippen MR) is 141 cm³/mol. The number of hydrogen-bond donors (Lipinski definition) is 1. The van der Waals surface area contributed by atoms with E-state index in [2.05, 4.69) is 40.5 Å². The molecular formula is C27H26F3N9O2. The summed E-state index contributed by atoms with van der Waals surface area (Å²) < 4.78 is 53.1. The maximum absolute atomic E-state index is 15.3. The Balaban J connectivity index is 1.28. The van der Waals surface area contributed by atoms with Gasteiger partial charge in [0.1, 0.15) is 17.2 Å². The number of nitrogens with zero attached hydrogens (tertiary/aromatic N) is 8. The number of para-hydroxylation sites is 1. The third kappa shape index (κ3) is 5.55. The highest BCUT2D eigenvalue weighted by Crippen LogP contribution is 2.30. The topological polar surface area (TPSA) is 119 Å². The lowest BCUT2D eigenvalue weighted by atomic mass is 9.96. The molecule has 11 nitrogen and oxygen atoms in total. The number of fused-ring (bicyclic) bond motifs is 1. The van der Waals surface area contributed by atoms with Gasteiger partial charge >= 0.3 is 6.61 Å². The van der Waals surface area contributed by atoms with E-state index in [1.165, 1.54) is 19.2 Å². The molecule has 4 aromatic heterocycles. The van der Waals surface area contributed by atoms with E-state index in [0.29, 0.717) is 39.9 Å². The molecular weight excluding hydrogens is 539 g/mol. The molecule has 1 saturated heterocycles. The van der Waals surface area contributed by atoms with Crippen LogP contribution in [0, 0.1) is 5.82 Å². The van der Waals surface area contributed by atoms with E-state index in [0.717, 1.165) is 25.9 Å². The summed E-state index contributed by atoms with van der Waals surface area (Å²) in [5, 5.41) is 14.3. The van der Waals surface area contributed by atoms with Crippen molar-refractivity contribution >= 4 is 11.6 Å². The van der Waals surface area contributed by atoms with Gasteiger partial charge in [0, 0.05) is 73.9 Å². The van der Waals surface area contributed by atoms with E-state index < -0.39 is 12.4 Å². The van der Waals surface area contributed by atoms with Crippen molar-refractivity contribution in [2.24, 2.45) is 0 Å². The molecule has 0 amide bonds. The van der Waals surface area contributed by atoms with E-state index in [1.54, 1.807) is 41.2 Å². The summed E-state index contributed by atoms with van der Waals surface area (Å²) in [5.41, 5.74) is 2.89. The summed E-state index contributed by atoms with van der Waals surface area (Å²) in [6, 6.07) is 7.88. The molecule has 1 aliphatic heterocycles. The summed E-state index contributed by atoms with van der Waals surface area (Å²) in [6.45, 7) is -1.34. The highest BCUT2D eigenvalue weighted by atomic mass is 19.3. The first-order valence-corrected chi connectivity index (χ1v) is 13.0. The van der Waals surface area contributed by atoms with E-state index in [1.807, 2.05) is 0 Å². The minimum atomic E-state index is -2.96. The lowest BCUT2D eigenvalue weighted by Gasteiger charge is -2.30. The van der Waals surface area contributed by atoms with Crippen molar-refractivity contribution in [2.75, 3.05) is 25.1 Å². The average Bonchev–Trinajstić information content (AvgIpc) is 3.63. The number of methoxy groups -OCH3 is 1. The molecule has 5 aromatic rings. The summed E-state index contributed by atoms with van der Waals surface area (Å²) in [7, 11) is 1.53. The van der Waals surface area contributed by atoms with Crippen molar-refractivity contribution in [2.45, 2.75) is 38.4 Å². The molecule has 1 aromatic carbocycles. The SMILES string of the molecule is COCc1nc2cc(F)c(-c3cnc(N4CCC(c5nn[nH]n5)CC4)nc3)cn2c1Cc1ccccc1OC(F)F. The Morgan fingerprint density at radius 2 is 1.90 bits per heavy atom. The Morgan fingerprint density at radius 1 is 1.12 bits per heavy atom. The van der Waals surface area contributed by atoms with Crippen LogP contribution in [-0.4, -0.2) is 66.8 Å². The predicted octanol–water partition coefficient (Wildman–Crippen LogP) is 4.17. The van der Waals surface area contributed by atoms with Gasteiger partial charge in [-0.05, 0) is 18.9 Å². The second-order valence-corrected chi connectivity index (χ2v) is 9.67. The highest BCUT2D eigenvalue weighted by molar-refractivity contribution is 5.65. The van der Waals surface area contributed by atoms with Crippen LogP contribution in [0.15, 0.2) is 48.9 Å². The molecule has 41 heavy (non-hydrogen) atoms. The third-order valence-electron chi connectivity index (χ3n) is 7.17. The first kappa shape index (κ1) is 26.6. The Hall–Kier alpha value is -4.59. The van der Waals surface area contributed by atoms with Crippen LogP contribution in [0.2, 0.25) is 0 Å². The number of halogens is 3. The normalized spacial score (nSPS) is 14.3. The van der Waals surface area contributed by atoms with Crippen LogP contribution in [0.1, 0.15) is 41.5 Å². The van der Waals surface area contributed by atoms with Crippen LogP contribution >= 0.6 is 0 Å². The zero-order chi connectivity index (χ0) is 28.3. The standard InChI is InChI=1S/C27H26F3N9O2/c1-40-15-21-22(10-17-4-2-3-5-23(17)41-26(29)30)39-14-19(20(28)11-24(39)33-21)18-12-31-27(32-13-18)38-8-6-16(7-9-38)25-34-36-37-35-25/h2-5,11-14,16,26H,6-10,15H2,1H3,(H,34,35,36,37). The van der Waals surface area contributed by atoms with Crippen LogP contribution in [0.5, 0.6) is 5.75 Å². The number of aromatic nitrogens is 8. The van der Waals surface area contributed by atoms with Gasteiger partial charge < -0.3 is 18.8 Å². The van der Waals surface area contributed by atoms with Crippen molar-refractivity contribution in [3.05, 3.63) is 77.5 Å². The molecule has 14 heteroatoms. The lowest BCUT2D eigenvalue weighted by molar-refractivity contribution is -0.0504. The molecule has 1 N–H and O–H groups in total. The second kappa shape index (κ2) is 11.5. The molecule has 6 rings (SSSR count). The minimum Gasteiger partial charge on any atom is -0.435 e. The number of H-pyrrole nitrogens is 1. The zero-order valence-electron chi connectivity index (χ0n) is 22.0. The van der Waals surface area contributed by atoms with Gasteiger partial charge in [0.15, 0.2) is 5.82 Å². The molecule has 1 aliphatic rings. The number of ether oxygens (including phenoxy) is 2. The molecule has 0 aliphatic carbocycles. The first-order valence-electron chi connectivity index (χ1n) is 13.0. The summed E-state index contributed by atoms with van der Waals surface area (Å²) in [6.07, 6.45) is 6.70. The molecule has 0 atom stereocenters. The monoisotopic (exact) mass is 565 g/mol. The van der Waals surface area contributed by atoms with Crippen molar-refractivity contribution in [3.63, 3.8) is 0 Å². The molecule has 1 fully saturated rings. The smallest absolute Gasteiger partial charge is 0.387 e. The fourth-order valence-electron chi connectivity index (χ4n) is 5.16. The summed E-state index contributed by atoms with van der Waals surface area (Å²) in [4.78, 5) is 15.6. The minimum absolute atomic E-state index is 0.0634.